The van der Waals surface area contributed by atoms with Crippen molar-refractivity contribution in [2.24, 2.45) is 0 Å². The van der Waals surface area contributed by atoms with E-state index in [0.29, 0.717) is 5.69 Å². The second kappa shape index (κ2) is 6.73. The van der Waals surface area contributed by atoms with E-state index in [0.717, 1.165) is 23.2 Å². The number of carbonyl (C=O) groups excluding carboxylic acids is 1. The topological polar surface area (TPSA) is 47.6 Å². The van der Waals surface area contributed by atoms with Crippen LogP contribution in [0.25, 0.3) is 0 Å². The lowest BCUT2D eigenvalue weighted by Crippen LogP contribution is -2.41. The summed E-state index contributed by atoms with van der Waals surface area (Å²) in [6, 6.07) is 8.58. The molecular formula is C20H22BF2NO3. The highest BCUT2D eigenvalue weighted by Gasteiger charge is 2.51. The molecule has 1 fully saturated rings. The van der Waals surface area contributed by atoms with Crippen molar-refractivity contribution >= 4 is 24.2 Å². The molecule has 1 aliphatic rings. The van der Waals surface area contributed by atoms with Crippen LogP contribution in [0.3, 0.4) is 0 Å². The van der Waals surface area contributed by atoms with Gasteiger partial charge in [0.1, 0.15) is 17.2 Å². The molecule has 2 aromatic carbocycles. The van der Waals surface area contributed by atoms with Crippen LogP contribution in [0, 0.1) is 18.6 Å². The summed E-state index contributed by atoms with van der Waals surface area (Å²) in [5, 5.41) is 2.56. The number of carbonyl (C=O) groups is 1. The van der Waals surface area contributed by atoms with Gasteiger partial charge < -0.3 is 14.6 Å². The maximum absolute atomic E-state index is 13.8. The lowest BCUT2D eigenvalue weighted by Gasteiger charge is -2.32. The minimum Gasteiger partial charge on any atom is -0.399 e. The summed E-state index contributed by atoms with van der Waals surface area (Å²) in [4.78, 5) is 12.3. The van der Waals surface area contributed by atoms with Gasteiger partial charge in [0.25, 0.3) is 5.91 Å². The van der Waals surface area contributed by atoms with Gasteiger partial charge >= 0.3 is 7.12 Å². The van der Waals surface area contributed by atoms with Crippen LogP contribution < -0.4 is 10.8 Å². The van der Waals surface area contributed by atoms with Gasteiger partial charge in [-0.1, -0.05) is 18.2 Å². The van der Waals surface area contributed by atoms with E-state index < -0.39 is 41.4 Å². The number of aryl methyl sites for hydroxylation is 1. The summed E-state index contributed by atoms with van der Waals surface area (Å²) in [6.07, 6.45) is 0. The number of hydrogen-bond acceptors (Lipinski definition) is 3. The fourth-order valence-corrected chi connectivity index (χ4v) is 2.85. The molecule has 0 aliphatic carbocycles. The number of hydrogen-bond donors (Lipinski definition) is 1. The molecule has 0 aromatic heterocycles. The predicted molar refractivity (Wildman–Crippen MR) is 101 cm³/mol. The predicted octanol–water partition coefficient (Wildman–Crippen LogP) is 3.82. The van der Waals surface area contributed by atoms with Crippen LogP contribution >= 0.6 is 0 Å². The molecule has 7 heteroatoms. The van der Waals surface area contributed by atoms with Crippen LogP contribution in [0.4, 0.5) is 14.5 Å². The Bertz CT molecular complexity index is 863. The summed E-state index contributed by atoms with van der Waals surface area (Å²) < 4.78 is 39.6. The van der Waals surface area contributed by atoms with E-state index in [1.807, 2.05) is 33.8 Å². The number of rotatable bonds is 3. The Kier molecular flexibility index (Phi) is 4.86. The first-order valence-electron chi connectivity index (χ1n) is 8.73. The molecule has 0 saturated carbocycles. The van der Waals surface area contributed by atoms with E-state index in [-0.39, 0.29) is 0 Å². The minimum absolute atomic E-state index is 0.458. The molecule has 0 atom stereocenters. The average Bonchev–Trinajstić information content (AvgIpc) is 2.77. The Balaban J connectivity index is 1.81. The molecule has 0 bridgehead atoms. The minimum atomic E-state index is -0.904. The number of halogens is 2. The molecule has 3 rings (SSSR count). The number of nitrogens with one attached hydrogen (secondary N) is 1. The van der Waals surface area contributed by atoms with Crippen molar-refractivity contribution in [3.8, 4) is 0 Å². The Morgan fingerprint density at radius 2 is 1.56 bits per heavy atom. The normalized spacial score (nSPS) is 17.8. The fraction of sp³-hybridized carbons (Fsp3) is 0.350. The van der Waals surface area contributed by atoms with E-state index in [4.69, 9.17) is 9.31 Å². The van der Waals surface area contributed by atoms with E-state index in [1.54, 1.807) is 19.1 Å². The maximum Gasteiger partial charge on any atom is 0.494 e. The van der Waals surface area contributed by atoms with Gasteiger partial charge in [-0.05, 0) is 63.8 Å². The van der Waals surface area contributed by atoms with Crippen LogP contribution in [0.5, 0.6) is 0 Å². The molecular weight excluding hydrogens is 351 g/mol. The Hall–Kier alpha value is -2.25. The van der Waals surface area contributed by atoms with Crippen molar-refractivity contribution in [3.63, 3.8) is 0 Å². The molecule has 4 nitrogen and oxygen atoms in total. The third-order valence-electron chi connectivity index (χ3n) is 5.21. The molecule has 0 radical (unpaired) electrons. The Morgan fingerprint density at radius 1 is 1.00 bits per heavy atom. The Labute approximate surface area is 158 Å². The molecule has 2 aromatic rings. The summed E-state index contributed by atoms with van der Waals surface area (Å²) in [6.45, 7) is 9.67. The highest BCUT2D eigenvalue weighted by atomic mass is 19.1. The standard InChI is InChI=1S/C20H22BF2NO3/c1-12-11-13(21-26-19(2,3)20(4,5)27-21)9-10-16(12)24-18(25)17-14(22)7-6-8-15(17)23/h6-11H,1-5H3,(H,24,25). The van der Waals surface area contributed by atoms with Gasteiger partial charge in [0.15, 0.2) is 0 Å². The quantitative estimate of drug-likeness (QED) is 0.833. The molecule has 27 heavy (non-hydrogen) atoms. The van der Waals surface area contributed by atoms with Gasteiger partial charge in [0.2, 0.25) is 0 Å². The monoisotopic (exact) mass is 373 g/mol. The summed E-state index contributed by atoms with van der Waals surface area (Å²) in [7, 11) is -0.525. The zero-order valence-electron chi connectivity index (χ0n) is 16.0. The van der Waals surface area contributed by atoms with Crippen LogP contribution in [0.1, 0.15) is 43.6 Å². The fourth-order valence-electron chi connectivity index (χ4n) is 2.85. The zero-order valence-corrected chi connectivity index (χ0v) is 16.0. The van der Waals surface area contributed by atoms with Crippen molar-refractivity contribution in [1.82, 2.24) is 0 Å². The molecule has 0 spiro atoms. The van der Waals surface area contributed by atoms with Crippen LogP contribution in [0.15, 0.2) is 36.4 Å². The van der Waals surface area contributed by atoms with E-state index in [1.165, 1.54) is 6.07 Å². The first kappa shape index (κ1) is 19.5. The average molecular weight is 373 g/mol. The van der Waals surface area contributed by atoms with Crippen molar-refractivity contribution < 1.29 is 22.9 Å². The SMILES string of the molecule is Cc1cc(B2OC(C)(C)C(C)(C)O2)ccc1NC(=O)c1c(F)cccc1F. The van der Waals surface area contributed by atoms with Crippen LogP contribution in [-0.4, -0.2) is 24.2 Å². The third kappa shape index (κ3) is 3.62. The summed E-state index contributed by atoms with van der Waals surface area (Å²) in [5.74, 6) is -2.64. The third-order valence-corrected chi connectivity index (χ3v) is 5.21. The first-order valence-corrected chi connectivity index (χ1v) is 8.73. The molecule has 142 valence electrons. The second-order valence-corrected chi connectivity index (χ2v) is 7.71. The molecule has 1 saturated heterocycles. The number of amides is 1. The maximum atomic E-state index is 13.8. The highest BCUT2D eigenvalue weighted by molar-refractivity contribution is 6.62. The molecule has 1 heterocycles. The molecule has 1 amide bonds. The van der Waals surface area contributed by atoms with E-state index >= 15 is 0 Å². The smallest absolute Gasteiger partial charge is 0.399 e. The molecule has 0 unspecified atom stereocenters. The molecule has 1 aliphatic heterocycles. The highest BCUT2D eigenvalue weighted by Crippen LogP contribution is 2.36. The van der Waals surface area contributed by atoms with Crippen molar-refractivity contribution in [3.05, 3.63) is 59.2 Å². The van der Waals surface area contributed by atoms with Crippen molar-refractivity contribution in [2.45, 2.75) is 45.8 Å². The summed E-state index contributed by atoms with van der Waals surface area (Å²) in [5.41, 5.74) is 0.477. The van der Waals surface area contributed by atoms with Crippen molar-refractivity contribution in [2.75, 3.05) is 5.32 Å². The lowest BCUT2D eigenvalue weighted by atomic mass is 9.78. The van der Waals surface area contributed by atoms with Gasteiger partial charge in [-0.3, -0.25) is 4.79 Å². The summed E-state index contributed by atoms with van der Waals surface area (Å²) >= 11 is 0. The van der Waals surface area contributed by atoms with Gasteiger partial charge in [-0.25, -0.2) is 8.78 Å². The number of anilines is 1. The first-order chi connectivity index (χ1) is 12.5. The van der Waals surface area contributed by atoms with Gasteiger partial charge in [-0.15, -0.1) is 0 Å². The van der Waals surface area contributed by atoms with Gasteiger partial charge in [-0.2, -0.15) is 0 Å². The second-order valence-electron chi connectivity index (χ2n) is 7.71. The zero-order chi connectivity index (χ0) is 20.0. The number of benzene rings is 2. The van der Waals surface area contributed by atoms with Crippen LogP contribution in [-0.2, 0) is 9.31 Å². The van der Waals surface area contributed by atoms with Gasteiger partial charge in [0.05, 0.1) is 11.2 Å². The Morgan fingerprint density at radius 3 is 2.07 bits per heavy atom. The van der Waals surface area contributed by atoms with Crippen molar-refractivity contribution in [1.29, 1.82) is 0 Å². The molecule has 1 N–H and O–H groups in total. The van der Waals surface area contributed by atoms with E-state index in [2.05, 4.69) is 5.32 Å². The van der Waals surface area contributed by atoms with Gasteiger partial charge in [0, 0.05) is 5.69 Å². The lowest BCUT2D eigenvalue weighted by molar-refractivity contribution is 0.00578. The van der Waals surface area contributed by atoms with Crippen LogP contribution in [0.2, 0.25) is 0 Å². The van der Waals surface area contributed by atoms with E-state index in [9.17, 15) is 13.6 Å². The largest absolute Gasteiger partial charge is 0.494 e.